The van der Waals surface area contributed by atoms with Crippen molar-refractivity contribution >= 4 is 70.9 Å². The molecule has 10 amide bonds. The lowest BCUT2D eigenvalue weighted by atomic mass is 10.0. The lowest BCUT2D eigenvalue weighted by Crippen LogP contribution is -2.60. The highest BCUT2D eigenvalue weighted by Gasteiger charge is 2.42. The zero-order valence-corrected chi connectivity index (χ0v) is 47.2. The number of unbranched alkanes of at least 4 members (excludes halogenated alkanes) is 1. The van der Waals surface area contributed by atoms with Crippen molar-refractivity contribution in [3.63, 3.8) is 0 Å². The number of hydrogen-bond acceptors (Lipinski definition) is 13. The van der Waals surface area contributed by atoms with Crippen molar-refractivity contribution in [1.82, 2.24) is 57.7 Å². The van der Waals surface area contributed by atoms with Crippen molar-refractivity contribution in [2.45, 2.75) is 166 Å². The van der Waals surface area contributed by atoms with Gasteiger partial charge in [-0.05, 0) is 101 Å². The summed E-state index contributed by atoms with van der Waals surface area (Å²) >= 11 is 0. The third-order valence-corrected chi connectivity index (χ3v) is 13.8. The van der Waals surface area contributed by atoms with E-state index in [1.807, 2.05) is 6.92 Å². The number of likely N-dealkylation sites (N-methyl/N-ethyl adjacent to an activating group) is 1. The molecule has 0 bridgehead atoms. The number of carboxylic acid groups (broad SMARTS) is 1. The molecule has 0 spiro atoms. The Labute approximate surface area is 472 Å². The predicted octanol–water partition coefficient (Wildman–Crippen LogP) is 0.0283. The van der Waals surface area contributed by atoms with Crippen LogP contribution in [0.4, 0.5) is 0 Å². The third kappa shape index (κ3) is 21.8. The molecule has 12 N–H and O–H groups in total. The van der Waals surface area contributed by atoms with Crippen LogP contribution in [-0.4, -0.2) is 172 Å². The van der Waals surface area contributed by atoms with Gasteiger partial charge < -0.3 is 67.9 Å². The Balaban J connectivity index is 1.83. The van der Waals surface area contributed by atoms with E-state index in [9.17, 15) is 63.0 Å². The van der Waals surface area contributed by atoms with Crippen LogP contribution in [0.3, 0.4) is 0 Å². The number of fused-ring (bicyclic) bond motifs is 1. The maximum Gasteiger partial charge on any atom is 0.305 e. The van der Waals surface area contributed by atoms with Gasteiger partial charge in [0.2, 0.25) is 59.1 Å². The minimum absolute atomic E-state index is 0.000699. The van der Waals surface area contributed by atoms with Gasteiger partial charge in [-0.25, -0.2) is 0 Å². The van der Waals surface area contributed by atoms with Gasteiger partial charge in [0.15, 0.2) is 0 Å². The van der Waals surface area contributed by atoms with E-state index in [0.717, 1.165) is 0 Å². The molecule has 25 heteroatoms. The molecule has 0 unspecified atom stereocenters. The molecule has 2 aromatic carbocycles. The molecule has 0 saturated carbocycles. The standard InChI is InChI=1S/C56H82N12O13/c1-7-15-46(70)59-25-12-11-19-44-54(79)65-41(29-37-21-23-38(69)24-22-37)52(77)63-39(18-13-26-58-35(5)57)50(75)60-32-47(71)62-42(31-48(72)73)53(78)64-40(28-33(2)3)51(76)61-34(4)49(74)66-43(30-36-16-9-8-10-17-36)55(80)68-27-14-20-45(68)56(81)67(44)6/h8-10,16-17,21-24,33-34,39-45,69H,7,11-15,18-20,25-32H2,1-6H3,(H2,57,58)(H,59,70)(H,60,75)(H,61,76)(H,62,71)(H,63,77)(H,64,78)(H,65,79)(H,66,74)(H,72,73)/t34-,39-,40-,41-,42-,43-,44-,45+/m0/s1. The highest BCUT2D eigenvalue weighted by atomic mass is 16.4. The Hall–Kier alpha value is -8.12. The molecule has 8 atom stereocenters. The van der Waals surface area contributed by atoms with E-state index < -0.39 is 120 Å². The first-order valence-corrected chi connectivity index (χ1v) is 27.7. The Morgan fingerprint density at radius 3 is 1.95 bits per heavy atom. The van der Waals surface area contributed by atoms with Gasteiger partial charge in [0.05, 0.1) is 18.8 Å². The van der Waals surface area contributed by atoms with Crippen molar-refractivity contribution in [2.75, 3.05) is 33.2 Å². The predicted molar refractivity (Wildman–Crippen MR) is 298 cm³/mol. The van der Waals surface area contributed by atoms with Crippen molar-refractivity contribution in [2.24, 2.45) is 5.92 Å². The molecule has 81 heavy (non-hydrogen) atoms. The van der Waals surface area contributed by atoms with E-state index in [-0.39, 0.29) is 88.0 Å². The van der Waals surface area contributed by atoms with E-state index in [4.69, 9.17) is 5.41 Å². The van der Waals surface area contributed by atoms with Crippen LogP contribution in [-0.2, 0) is 65.6 Å². The summed E-state index contributed by atoms with van der Waals surface area (Å²) < 4.78 is 0. The smallest absolute Gasteiger partial charge is 0.305 e. The summed E-state index contributed by atoms with van der Waals surface area (Å²) in [6, 6.07) is 3.62. The fourth-order valence-corrected chi connectivity index (χ4v) is 9.47. The molecule has 0 radical (unpaired) electrons. The van der Waals surface area contributed by atoms with Gasteiger partial charge in [-0.1, -0.05) is 63.2 Å². The van der Waals surface area contributed by atoms with Crippen molar-refractivity contribution in [1.29, 1.82) is 5.41 Å². The lowest BCUT2D eigenvalue weighted by molar-refractivity contribution is -0.148. The number of amidine groups is 1. The summed E-state index contributed by atoms with van der Waals surface area (Å²) in [5.74, 6) is -9.34. The summed E-state index contributed by atoms with van der Waals surface area (Å²) in [4.78, 5) is 156. The zero-order chi connectivity index (χ0) is 59.8. The monoisotopic (exact) mass is 1130 g/mol. The summed E-state index contributed by atoms with van der Waals surface area (Å²) in [5.41, 5.74) is 1.12. The van der Waals surface area contributed by atoms with Crippen LogP contribution in [0, 0.1) is 11.3 Å². The first kappa shape index (κ1) is 65.4. The Kier molecular flexibility index (Phi) is 26.5. The molecule has 0 aliphatic carbocycles. The average Bonchev–Trinajstić information content (AvgIpc) is 3.94. The van der Waals surface area contributed by atoms with Crippen molar-refractivity contribution < 1.29 is 63.0 Å². The number of amides is 10. The SMILES string of the molecule is CCCC(=O)NCCCC[C@H]1C(=O)N[C@@H](Cc2ccc(O)cc2)C(=O)N[C@@H](CCCNC(C)=N)C(=O)NCC(=O)N[C@@H](CC(=O)O)C(=O)N[C@@H](CC(C)C)C(=O)N[C@@H](C)C(=O)N[C@@H](Cc2ccccc2)C(=O)N2CCC[C@@H]2C(=O)N1C. The van der Waals surface area contributed by atoms with Gasteiger partial charge >= 0.3 is 5.97 Å². The van der Waals surface area contributed by atoms with Gasteiger partial charge in [-0.3, -0.25) is 58.1 Å². The molecular formula is C56H82N12O13. The highest BCUT2D eigenvalue weighted by Crippen LogP contribution is 2.24. The number of carbonyl (C=O) groups excluding carboxylic acids is 10. The second kappa shape index (κ2) is 32.8. The summed E-state index contributed by atoms with van der Waals surface area (Å²) in [6.07, 6.45) is 1.22. The van der Waals surface area contributed by atoms with Crippen LogP contribution in [0.25, 0.3) is 0 Å². The molecule has 444 valence electrons. The first-order chi connectivity index (χ1) is 38.5. The van der Waals surface area contributed by atoms with Crippen LogP contribution in [0.15, 0.2) is 54.6 Å². The minimum atomic E-state index is -1.77. The molecule has 0 aromatic heterocycles. The maximum atomic E-state index is 14.9. The first-order valence-electron chi connectivity index (χ1n) is 27.7. The van der Waals surface area contributed by atoms with Gasteiger partial charge in [0, 0.05) is 45.9 Å². The highest BCUT2D eigenvalue weighted by molar-refractivity contribution is 5.99. The van der Waals surface area contributed by atoms with E-state index in [0.29, 0.717) is 43.2 Å². The lowest BCUT2D eigenvalue weighted by Gasteiger charge is -2.35. The number of nitrogens with zero attached hydrogens (tertiary/aromatic N) is 2. The molecule has 2 aliphatic heterocycles. The van der Waals surface area contributed by atoms with Crippen molar-refractivity contribution in [3.8, 4) is 5.75 Å². The number of phenols is 1. The topological polar surface area (TPSA) is 367 Å². The van der Waals surface area contributed by atoms with E-state index >= 15 is 0 Å². The van der Waals surface area contributed by atoms with Crippen molar-refractivity contribution in [3.05, 3.63) is 65.7 Å². The summed E-state index contributed by atoms with van der Waals surface area (Å²) in [6.45, 7) is 8.00. The Morgan fingerprint density at radius 2 is 1.30 bits per heavy atom. The van der Waals surface area contributed by atoms with Gasteiger partial charge in [0.1, 0.15) is 54.1 Å². The van der Waals surface area contributed by atoms with Gasteiger partial charge in [-0.2, -0.15) is 0 Å². The second-order valence-corrected chi connectivity index (χ2v) is 21.0. The average molecular weight is 1130 g/mol. The van der Waals surface area contributed by atoms with Gasteiger partial charge in [0.25, 0.3) is 0 Å². The second-order valence-electron chi connectivity index (χ2n) is 21.0. The molecule has 2 aromatic rings. The Morgan fingerprint density at radius 1 is 0.691 bits per heavy atom. The number of nitrogens with one attached hydrogen (secondary N) is 10. The molecule has 2 saturated heterocycles. The molecule has 25 nitrogen and oxygen atoms in total. The third-order valence-electron chi connectivity index (χ3n) is 13.8. The largest absolute Gasteiger partial charge is 0.508 e. The fraction of sp³-hybridized carbons (Fsp3) is 0.571. The van der Waals surface area contributed by atoms with Crippen LogP contribution in [0.1, 0.15) is 116 Å². The number of hydrogen-bond donors (Lipinski definition) is 12. The Bertz CT molecular complexity index is 2530. The summed E-state index contributed by atoms with van der Waals surface area (Å²) in [5, 5.41) is 51.4. The maximum absolute atomic E-state index is 14.9. The summed E-state index contributed by atoms with van der Waals surface area (Å²) in [7, 11) is 1.41. The number of carboxylic acids is 1. The normalized spacial score (nSPS) is 23.4. The quantitative estimate of drug-likeness (QED) is 0.0502. The van der Waals surface area contributed by atoms with Crippen LogP contribution in [0.2, 0.25) is 0 Å². The van der Waals surface area contributed by atoms with Crippen LogP contribution >= 0.6 is 0 Å². The molecule has 2 fully saturated rings. The van der Waals surface area contributed by atoms with Gasteiger partial charge in [-0.15, -0.1) is 0 Å². The van der Waals surface area contributed by atoms with E-state index in [1.165, 1.54) is 55.0 Å². The molecule has 2 aliphatic rings. The molecule has 4 rings (SSSR count). The zero-order valence-electron chi connectivity index (χ0n) is 47.2. The van der Waals surface area contributed by atoms with E-state index in [2.05, 4.69) is 47.9 Å². The molecule has 2 heterocycles. The molecular weight excluding hydrogens is 1050 g/mol. The number of aromatic hydroxyl groups is 1. The number of benzene rings is 2. The number of phenolic OH excluding ortho intramolecular Hbond substituents is 1. The minimum Gasteiger partial charge on any atom is -0.508 e. The van der Waals surface area contributed by atoms with Crippen LogP contribution in [0.5, 0.6) is 5.75 Å². The number of carbonyl (C=O) groups is 11. The fourth-order valence-electron chi connectivity index (χ4n) is 9.47. The van der Waals surface area contributed by atoms with Crippen LogP contribution < -0.4 is 47.9 Å². The number of rotatable bonds is 19. The van der Waals surface area contributed by atoms with E-state index in [1.54, 1.807) is 44.2 Å². The number of aliphatic carboxylic acids is 1.